The van der Waals surface area contributed by atoms with Crippen LogP contribution < -0.4 is 20.5 Å². The summed E-state index contributed by atoms with van der Waals surface area (Å²) >= 11 is 0. The quantitative estimate of drug-likeness (QED) is 0.0985. The van der Waals surface area contributed by atoms with E-state index in [-0.39, 0.29) is 46.3 Å². The summed E-state index contributed by atoms with van der Waals surface area (Å²) in [5, 5.41) is 55.1. The standard InChI is InChI=1S/C32H35N3O10/c1-34-32(33)35-13-20-16(9-8-15-6-4-3-5-7-15)10-18-24(26(20)38)28(40)23-19(25(18)37)11-17(43-2)12-21(23)44-31-30(42)29(41)27(39)22(14-36)45-31/h3-7,10-12,22,27,29-31,36,38-39,41-42H,8-9,13-14H2,1-2H3,(H3,33,34,35)/t22-,27-,29+,30-,31-/m1/s1. The van der Waals surface area contributed by atoms with Crippen LogP contribution in [-0.2, 0) is 24.1 Å². The highest BCUT2D eigenvalue weighted by Crippen LogP contribution is 2.42. The first-order valence-corrected chi connectivity index (χ1v) is 14.3. The zero-order chi connectivity index (χ0) is 32.4. The number of methoxy groups -OCH3 is 1. The summed E-state index contributed by atoms with van der Waals surface area (Å²) in [6.45, 7) is -0.687. The molecule has 3 aromatic rings. The van der Waals surface area contributed by atoms with Crippen LogP contribution in [0.1, 0.15) is 48.5 Å². The lowest BCUT2D eigenvalue weighted by Gasteiger charge is -2.39. The summed E-state index contributed by atoms with van der Waals surface area (Å²) < 4.78 is 16.7. The number of phenolic OH excluding ortho intramolecular Hbond substituents is 1. The van der Waals surface area contributed by atoms with Gasteiger partial charge in [-0.2, -0.15) is 0 Å². The van der Waals surface area contributed by atoms with Crippen molar-refractivity contribution in [3.8, 4) is 17.2 Å². The third-order valence-electron chi connectivity index (χ3n) is 8.06. The number of aliphatic hydroxyl groups is 4. The van der Waals surface area contributed by atoms with Crippen molar-refractivity contribution in [2.45, 2.75) is 50.1 Å². The molecule has 1 saturated heterocycles. The minimum absolute atomic E-state index is 0.0115. The van der Waals surface area contributed by atoms with E-state index >= 15 is 0 Å². The maximum Gasteiger partial charge on any atom is 0.229 e. The largest absolute Gasteiger partial charge is 0.507 e. The maximum absolute atomic E-state index is 14.2. The van der Waals surface area contributed by atoms with E-state index in [0.717, 1.165) is 5.56 Å². The summed E-state index contributed by atoms with van der Waals surface area (Å²) in [6.07, 6.45) is -7.06. The fourth-order valence-corrected chi connectivity index (χ4v) is 5.55. The van der Waals surface area contributed by atoms with Crippen LogP contribution in [0.15, 0.2) is 53.5 Å². The topological polar surface area (TPSA) is 213 Å². The SMILES string of the molecule is CN=C(N)NCc1c(CCc2ccccc2)cc2c(c1O)C(=O)c1c(O[C@@H]3O[C@H](CO)[C@@H](O)[C@H](O)[C@H]3O)cc(OC)cc1C2=O. The number of aryl methyl sites for hydroxylation is 2. The smallest absolute Gasteiger partial charge is 0.229 e. The maximum atomic E-state index is 14.2. The van der Waals surface area contributed by atoms with Crippen LogP contribution in [0.4, 0.5) is 0 Å². The van der Waals surface area contributed by atoms with Gasteiger partial charge in [-0.15, -0.1) is 0 Å². The zero-order valence-corrected chi connectivity index (χ0v) is 24.6. The Morgan fingerprint density at radius 2 is 1.69 bits per heavy atom. The lowest BCUT2D eigenvalue weighted by atomic mass is 9.80. The molecule has 0 radical (unpaired) electrons. The molecule has 0 unspecified atom stereocenters. The van der Waals surface area contributed by atoms with Crippen molar-refractivity contribution in [2.75, 3.05) is 20.8 Å². The number of aliphatic imine (C=N–C) groups is 1. The zero-order valence-electron chi connectivity index (χ0n) is 24.6. The number of aliphatic hydroxyl groups excluding tert-OH is 4. The molecular weight excluding hydrogens is 586 g/mol. The number of carbonyl (C=O) groups is 2. The average molecular weight is 622 g/mol. The number of fused-ring (bicyclic) bond motifs is 2. The Hall–Kier alpha value is -4.53. The molecule has 0 amide bonds. The number of ketones is 2. The van der Waals surface area contributed by atoms with Gasteiger partial charge in [0.2, 0.25) is 12.1 Å². The lowest BCUT2D eigenvalue weighted by Crippen LogP contribution is -2.60. The van der Waals surface area contributed by atoms with Gasteiger partial charge in [0.15, 0.2) is 11.7 Å². The van der Waals surface area contributed by atoms with Gasteiger partial charge in [-0.1, -0.05) is 30.3 Å². The van der Waals surface area contributed by atoms with Gasteiger partial charge in [0.05, 0.1) is 24.8 Å². The first-order chi connectivity index (χ1) is 21.6. The van der Waals surface area contributed by atoms with Crippen LogP contribution in [-0.4, -0.2) is 94.5 Å². The Bertz CT molecular complexity index is 1630. The number of nitrogens with two attached hydrogens (primary N) is 1. The number of benzene rings is 3. The van der Waals surface area contributed by atoms with Gasteiger partial charge < -0.3 is 50.8 Å². The summed E-state index contributed by atoms with van der Waals surface area (Å²) in [5.74, 6) is -1.73. The monoisotopic (exact) mass is 621 g/mol. The fourth-order valence-electron chi connectivity index (χ4n) is 5.55. The molecule has 45 heavy (non-hydrogen) atoms. The van der Waals surface area contributed by atoms with E-state index < -0.39 is 54.6 Å². The van der Waals surface area contributed by atoms with Crippen LogP contribution in [0, 0.1) is 0 Å². The third kappa shape index (κ3) is 6.08. The predicted molar refractivity (Wildman–Crippen MR) is 161 cm³/mol. The van der Waals surface area contributed by atoms with Crippen LogP contribution in [0.2, 0.25) is 0 Å². The van der Waals surface area contributed by atoms with Gasteiger partial charge in [0.25, 0.3) is 0 Å². The van der Waals surface area contributed by atoms with E-state index in [9.17, 15) is 35.1 Å². The van der Waals surface area contributed by atoms with Crippen molar-refractivity contribution >= 4 is 17.5 Å². The summed E-state index contributed by atoms with van der Waals surface area (Å²) in [6, 6.07) is 13.9. The molecule has 13 heteroatoms. The molecular formula is C32H35N3O10. The molecule has 0 bridgehead atoms. The molecule has 1 aliphatic heterocycles. The van der Waals surface area contributed by atoms with Crippen molar-refractivity contribution < 1.29 is 49.3 Å². The third-order valence-corrected chi connectivity index (χ3v) is 8.06. The highest BCUT2D eigenvalue weighted by molar-refractivity contribution is 6.30. The second-order valence-corrected chi connectivity index (χ2v) is 10.8. The normalized spacial score (nSPS) is 22.9. The number of nitrogens with one attached hydrogen (secondary N) is 1. The molecule has 0 spiro atoms. The number of hydrogen-bond acceptors (Lipinski definition) is 11. The molecule has 13 nitrogen and oxygen atoms in total. The number of guanidine groups is 1. The van der Waals surface area contributed by atoms with Crippen LogP contribution in [0.25, 0.3) is 0 Å². The molecule has 1 fully saturated rings. The predicted octanol–water partition coefficient (Wildman–Crippen LogP) is 0.174. The number of ether oxygens (including phenoxy) is 3. The van der Waals surface area contributed by atoms with E-state index in [4.69, 9.17) is 19.9 Å². The van der Waals surface area contributed by atoms with Gasteiger partial charge in [0.1, 0.15) is 41.7 Å². The second-order valence-electron chi connectivity index (χ2n) is 10.8. The highest BCUT2D eigenvalue weighted by atomic mass is 16.7. The highest BCUT2D eigenvalue weighted by Gasteiger charge is 2.46. The van der Waals surface area contributed by atoms with Gasteiger partial charge in [-0.05, 0) is 36.1 Å². The summed E-state index contributed by atoms with van der Waals surface area (Å²) in [5.41, 5.74) is 7.29. The van der Waals surface area contributed by atoms with Crippen molar-refractivity contribution in [1.29, 1.82) is 0 Å². The van der Waals surface area contributed by atoms with Gasteiger partial charge in [-0.3, -0.25) is 14.6 Å². The molecule has 5 atom stereocenters. The first-order valence-electron chi connectivity index (χ1n) is 14.3. The Labute approximate surface area is 258 Å². The van der Waals surface area contributed by atoms with Crippen LogP contribution in [0.5, 0.6) is 17.2 Å². The van der Waals surface area contributed by atoms with E-state index in [0.29, 0.717) is 24.0 Å². The van der Waals surface area contributed by atoms with Crippen LogP contribution >= 0.6 is 0 Å². The Kier molecular flexibility index (Phi) is 9.37. The molecule has 0 aromatic heterocycles. The van der Waals surface area contributed by atoms with Gasteiger partial charge >= 0.3 is 0 Å². The number of hydrogen-bond donors (Lipinski definition) is 7. The molecule has 0 saturated carbocycles. The molecule has 238 valence electrons. The van der Waals surface area contributed by atoms with Crippen molar-refractivity contribution in [3.63, 3.8) is 0 Å². The van der Waals surface area contributed by atoms with Crippen molar-refractivity contribution in [3.05, 3.63) is 87.5 Å². The summed E-state index contributed by atoms with van der Waals surface area (Å²) in [4.78, 5) is 32.1. The second kappa shape index (κ2) is 13.2. The van der Waals surface area contributed by atoms with Crippen molar-refractivity contribution in [2.24, 2.45) is 10.7 Å². The molecule has 1 heterocycles. The summed E-state index contributed by atoms with van der Waals surface area (Å²) in [7, 11) is 2.84. The number of carbonyl (C=O) groups excluding carboxylic acids is 2. The minimum atomic E-state index is -1.78. The Balaban J connectivity index is 1.59. The van der Waals surface area contributed by atoms with Gasteiger partial charge in [0, 0.05) is 36.3 Å². The number of phenols is 1. The first kappa shape index (κ1) is 31.9. The molecule has 1 aliphatic carbocycles. The molecule has 8 N–H and O–H groups in total. The van der Waals surface area contributed by atoms with Crippen LogP contribution in [0.3, 0.4) is 0 Å². The van der Waals surface area contributed by atoms with E-state index in [1.54, 1.807) is 6.07 Å². The van der Waals surface area contributed by atoms with E-state index in [1.165, 1.54) is 26.3 Å². The van der Waals surface area contributed by atoms with E-state index in [2.05, 4.69) is 10.3 Å². The lowest BCUT2D eigenvalue weighted by molar-refractivity contribution is -0.277. The Morgan fingerprint density at radius 3 is 2.36 bits per heavy atom. The minimum Gasteiger partial charge on any atom is -0.507 e. The number of aromatic hydroxyl groups is 1. The van der Waals surface area contributed by atoms with Crippen molar-refractivity contribution in [1.82, 2.24) is 5.32 Å². The number of rotatable bonds is 9. The fraction of sp³-hybridized carbons (Fsp3) is 0.344. The molecule has 3 aromatic carbocycles. The van der Waals surface area contributed by atoms with E-state index in [1.807, 2.05) is 30.3 Å². The average Bonchev–Trinajstić information content (AvgIpc) is 3.05. The number of nitrogens with zero attached hydrogens (tertiary/aromatic N) is 1. The molecule has 2 aliphatic rings. The van der Waals surface area contributed by atoms with Gasteiger partial charge in [-0.25, -0.2) is 0 Å². The Morgan fingerprint density at radius 1 is 0.978 bits per heavy atom. The molecule has 5 rings (SSSR count).